The number of nitrogens with two attached hydrogens (primary N) is 1. The normalized spacial score (nSPS) is 13.5. The maximum Gasteiger partial charge on any atom is 0.408 e. The second-order valence-corrected chi connectivity index (χ2v) is 10.0. The van der Waals surface area contributed by atoms with Crippen molar-refractivity contribution in [1.29, 1.82) is 5.26 Å². The summed E-state index contributed by atoms with van der Waals surface area (Å²) in [5, 5.41) is 14.9. The molecule has 1 rings (SSSR count). The number of alkyl carbamates (subject to hydrolysis) is 1. The smallest absolute Gasteiger partial charge is 0.408 e. The quantitative estimate of drug-likeness (QED) is 0.396. The van der Waals surface area contributed by atoms with Crippen molar-refractivity contribution in [2.24, 2.45) is 5.73 Å². The highest BCUT2D eigenvalue weighted by molar-refractivity contribution is 5.94. The molecule has 1 aromatic rings. The van der Waals surface area contributed by atoms with Gasteiger partial charge in [-0.05, 0) is 53.5 Å². The van der Waals surface area contributed by atoms with E-state index in [4.69, 9.17) is 10.5 Å². The first-order valence-electron chi connectivity index (χ1n) is 12.0. The lowest BCUT2D eigenvalue weighted by atomic mass is 9.97. The number of hydrogen-bond donors (Lipinski definition) is 3. The van der Waals surface area contributed by atoms with Gasteiger partial charge in [-0.2, -0.15) is 5.26 Å². The molecule has 0 saturated carbocycles. The Morgan fingerprint density at radius 3 is 2.17 bits per heavy atom. The summed E-state index contributed by atoms with van der Waals surface area (Å²) in [6, 6.07) is 4.61. The number of carbonyl (C=O) groups excluding carboxylic acids is 4. The van der Waals surface area contributed by atoms with Crippen molar-refractivity contribution in [3.05, 3.63) is 34.9 Å². The van der Waals surface area contributed by atoms with Crippen LogP contribution >= 0.6 is 0 Å². The first-order chi connectivity index (χ1) is 16.7. The van der Waals surface area contributed by atoms with Crippen LogP contribution in [-0.4, -0.2) is 52.9 Å². The molecule has 0 saturated heterocycles. The molecule has 0 bridgehead atoms. The van der Waals surface area contributed by atoms with Gasteiger partial charge < -0.3 is 26.0 Å². The van der Waals surface area contributed by atoms with Gasteiger partial charge in [-0.3, -0.25) is 14.4 Å². The average molecular weight is 502 g/mol. The first kappa shape index (κ1) is 30.4. The molecule has 0 aliphatic rings. The highest BCUT2D eigenvalue weighted by Gasteiger charge is 2.37. The van der Waals surface area contributed by atoms with Crippen LogP contribution in [0.1, 0.15) is 76.6 Å². The Balaban J connectivity index is 3.52. The zero-order valence-electron chi connectivity index (χ0n) is 22.3. The molecule has 0 aromatic heterocycles. The lowest BCUT2D eigenvalue weighted by Gasteiger charge is -2.33. The minimum atomic E-state index is -1.43. The highest BCUT2D eigenvalue weighted by Crippen LogP contribution is 2.25. The molecule has 0 fully saturated rings. The number of ether oxygens (including phenoxy) is 1. The van der Waals surface area contributed by atoms with Crippen molar-refractivity contribution in [1.82, 2.24) is 15.5 Å². The number of hydrogen-bond acceptors (Lipinski definition) is 6. The van der Waals surface area contributed by atoms with E-state index < -0.39 is 54.5 Å². The summed E-state index contributed by atoms with van der Waals surface area (Å²) in [4.78, 5) is 52.4. The van der Waals surface area contributed by atoms with Crippen molar-refractivity contribution < 1.29 is 23.9 Å². The largest absolute Gasteiger partial charge is 0.444 e. The van der Waals surface area contributed by atoms with E-state index >= 15 is 0 Å². The highest BCUT2D eigenvalue weighted by atomic mass is 16.6. The average Bonchev–Trinajstić information content (AvgIpc) is 2.70. The summed E-state index contributed by atoms with van der Waals surface area (Å²) in [5.41, 5.74) is 6.74. The first-order valence-corrected chi connectivity index (χ1v) is 12.0. The SMILES string of the molecule is CCCC(C)NC(=O)C(c1cc(C)cc(C)c1)N(CC#N)C(=O)C(CC(N)=O)NC(=O)OC(C)(C)C. The molecule has 10 nitrogen and oxygen atoms in total. The van der Waals surface area contributed by atoms with Crippen molar-refractivity contribution in [2.45, 2.75) is 91.5 Å². The van der Waals surface area contributed by atoms with Gasteiger partial charge in [0.2, 0.25) is 17.7 Å². The van der Waals surface area contributed by atoms with Crippen LogP contribution in [0.25, 0.3) is 0 Å². The summed E-state index contributed by atoms with van der Waals surface area (Å²) in [6.07, 6.45) is 0.106. The number of amides is 4. The Bertz CT molecular complexity index is 975. The fraction of sp³-hybridized carbons (Fsp3) is 0.577. The van der Waals surface area contributed by atoms with Gasteiger partial charge in [0.1, 0.15) is 24.2 Å². The minimum absolute atomic E-state index is 0.170. The third-order valence-corrected chi connectivity index (χ3v) is 5.15. The van der Waals surface area contributed by atoms with Gasteiger partial charge in [-0.25, -0.2) is 4.79 Å². The number of carbonyl (C=O) groups is 4. The van der Waals surface area contributed by atoms with Gasteiger partial charge in [0.25, 0.3) is 0 Å². The van der Waals surface area contributed by atoms with Gasteiger partial charge >= 0.3 is 6.09 Å². The van der Waals surface area contributed by atoms with E-state index in [1.165, 1.54) is 0 Å². The standard InChI is InChI=1S/C26H39N5O5/c1-8-9-18(4)29-23(33)22(19-13-16(2)12-17(3)14-19)31(11-10-27)24(34)20(15-21(28)32)30-25(35)36-26(5,6)7/h12-14,18,20,22H,8-9,11,15H2,1-7H3,(H2,28,32)(H,29,33)(H,30,35). The third-order valence-electron chi connectivity index (χ3n) is 5.15. The molecular weight excluding hydrogens is 462 g/mol. The molecular formula is C26H39N5O5. The Morgan fingerprint density at radius 2 is 1.69 bits per heavy atom. The molecule has 0 heterocycles. The molecule has 10 heteroatoms. The molecule has 4 N–H and O–H groups in total. The third kappa shape index (κ3) is 9.94. The molecule has 3 unspecified atom stereocenters. The van der Waals surface area contributed by atoms with Crippen LogP contribution < -0.4 is 16.4 Å². The lowest BCUT2D eigenvalue weighted by molar-refractivity contribution is -0.142. The van der Waals surface area contributed by atoms with Gasteiger partial charge in [0.15, 0.2) is 0 Å². The van der Waals surface area contributed by atoms with Crippen molar-refractivity contribution in [3.63, 3.8) is 0 Å². The second-order valence-electron chi connectivity index (χ2n) is 10.0. The molecule has 4 amide bonds. The molecule has 0 radical (unpaired) electrons. The number of rotatable bonds is 11. The number of benzene rings is 1. The predicted molar refractivity (Wildman–Crippen MR) is 135 cm³/mol. The van der Waals surface area contributed by atoms with E-state index in [1.807, 2.05) is 39.8 Å². The summed E-state index contributed by atoms with van der Waals surface area (Å²) in [6.45, 7) is 12.1. The monoisotopic (exact) mass is 501 g/mol. The van der Waals surface area contributed by atoms with Crippen LogP contribution in [0.5, 0.6) is 0 Å². The van der Waals surface area contributed by atoms with Crippen molar-refractivity contribution >= 4 is 23.8 Å². The van der Waals surface area contributed by atoms with E-state index in [-0.39, 0.29) is 6.04 Å². The number of nitrogens with one attached hydrogen (secondary N) is 2. The maximum absolute atomic E-state index is 13.7. The van der Waals surface area contributed by atoms with Crippen LogP contribution in [0.3, 0.4) is 0 Å². The summed E-state index contributed by atoms with van der Waals surface area (Å²) in [7, 11) is 0. The van der Waals surface area contributed by atoms with Gasteiger partial charge in [-0.1, -0.05) is 42.7 Å². The van der Waals surface area contributed by atoms with Crippen LogP contribution in [0.15, 0.2) is 18.2 Å². The number of nitrogens with zero attached hydrogens (tertiary/aromatic N) is 2. The van der Waals surface area contributed by atoms with E-state index in [0.717, 1.165) is 28.9 Å². The number of nitriles is 1. The summed E-state index contributed by atoms with van der Waals surface area (Å²) >= 11 is 0. The van der Waals surface area contributed by atoms with Gasteiger partial charge in [0.05, 0.1) is 12.5 Å². The maximum atomic E-state index is 13.7. The number of aryl methyl sites for hydroxylation is 2. The zero-order chi connectivity index (χ0) is 27.6. The van der Waals surface area contributed by atoms with Gasteiger partial charge in [-0.15, -0.1) is 0 Å². The Morgan fingerprint density at radius 1 is 1.11 bits per heavy atom. The molecule has 3 atom stereocenters. The van der Waals surface area contributed by atoms with Crippen molar-refractivity contribution in [2.75, 3.05) is 6.54 Å². The van der Waals surface area contributed by atoms with Crippen molar-refractivity contribution in [3.8, 4) is 6.07 Å². The second kappa shape index (κ2) is 13.5. The Kier molecular flexibility index (Phi) is 11.4. The van der Waals surface area contributed by atoms with Crippen LogP contribution in [-0.2, 0) is 19.1 Å². The van der Waals surface area contributed by atoms with E-state index in [2.05, 4.69) is 10.6 Å². The molecule has 198 valence electrons. The molecule has 0 aliphatic carbocycles. The molecule has 36 heavy (non-hydrogen) atoms. The minimum Gasteiger partial charge on any atom is -0.444 e. The molecule has 0 spiro atoms. The van der Waals surface area contributed by atoms with Crippen LogP contribution in [0.2, 0.25) is 0 Å². The fourth-order valence-corrected chi connectivity index (χ4v) is 3.89. The van der Waals surface area contributed by atoms with Gasteiger partial charge in [0, 0.05) is 6.04 Å². The Hall–Kier alpha value is -3.61. The summed E-state index contributed by atoms with van der Waals surface area (Å²) < 4.78 is 5.23. The van der Waals surface area contributed by atoms with Crippen LogP contribution in [0.4, 0.5) is 4.79 Å². The molecule has 0 aliphatic heterocycles. The lowest BCUT2D eigenvalue weighted by Crippen LogP contribution is -2.54. The predicted octanol–water partition coefficient (Wildman–Crippen LogP) is 2.77. The van der Waals surface area contributed by atoms with E-state index in [1.54, 1.807) is 32.9 Å². The summed E-state index contributed by atoms with van der Waals surface area (Å²) in [5.74, 6) is -2.12. The van der Waals surface area contributed by atoms with Crippen LogP contribution in [0, 0.1) is 25.2 Å². The van der Waals surface area contributed by atoms with E-state index in [9.17, 15) is 24.4 Å². The zero-order valence-corrected chi connectivity index (χ0v) is 22.3. The fourth-order valence-electron chi connectivity index (χ4n) is 3.89. The Labute approximate surface area is 213 Å². The van der Waals surface area contributed by atoms with E-state index in [0.29, 0.717) is 5.56 Å². The molecule has 1 aromatic carbocycles. The topological polar surface area (TPSA) is 155 Å². The number of primary amides is 1.